The van der Waals surface area contributed by atoms with Crippen molar-refractivity contribution in [1.82, 2.24) is 14.8 Å². The number of hydrogen-bond acceptors (Lipinski definition) is 4. The third kappa shape index (κ3) is 2.41. The van der Waals surface area contributed by atoms with Crippen LogP contribution in [-0.2, 0) is 15.4 Å². The Balaban J connectivity index is 2.62. The van der Waals surface area contributed by atoms with Gasteiger partial charge in [-0.3, -0.25) is 4.57 Å². The van der Waals surface area contributed by atoms with Crippen molar-refractivity contribution in [1.29, 1.82) is 0 Å². The van der Waals surface area contributed by atoms with Gasteiger partial charge < -0.3 is 0 Å². The van der Waals surface area contributed by atoms with E-state index in [1.54, 1.807) is 4.57 Å². The van der Waals surface area contributed by atoms with Gasteiger partial charge in [0.2, 0.25) is 0 Å². The zero-order chi connectivity index (χ0) is 14.3. The fraction of sp³-hybridized carbons (Fsp3) is 0.833. The Labute approximate surface area is 114 Å². The van der Waals surface area contributed by atoms with E-state index in [9.17, 15) is 8.42 Å². The molecule has 0 atom stereocenters. The largest absolute Gasteiger partial charge is 0.298 e. The van der Waals surface area contributed by atoms with Crippen LogP contribution in [0.5, 0.6) is 0 Å². The molecular formula is C12H22N4O2S. The second kappa shape index (κ2) is 4.86. The van der Waals surface area contributed by atoms with E-state index < -0.39 is 10.0 Å². The van der Waals surface area contributed by atoms with Crippen LogP contribution in [0.3, 0.4) is 0 Å². The van der Waals surface area contributed by atoms with E-state index >= 15 is 0 Å². The van der Waals surface area contributed by atoms with Crippen LogP contribution in [0, 0.1) is 0 Å². The summed E-state index contributed by atoms with van der Waals surface area (Å²) in [4.78, 5) is 0. The van der Waals surface area contributed by atoms with Crippen molar-refractivity contribution >= 4 is 10.0 Å². The van der Waals surface area contributed by atoms with Crippen molar-refractivity contribution in [2.75, 3.05) is 0 Å². The first-order chi connectivity index (χ1) is 8.82. The number of aromatic nitrogens is 3. The van der Waals surface area contributed by atoms with E-state index in [1.807, 2.05) is 13.8 Å². The van der Waals surface area contributed by atoms with E-state index in [2.05, 4.69) is 17.1 Å². The van der Waals surface area contributed by atoms with Crippen molar-refractivity contribution in [3.05, 3.63) is 5.82 Å². The summed E-state index contributed by atoms with van der Waals surface area (Å²) in [6, 6.07) is -0.0256. The maximum atomic E-state index is 11.6. The van der Waals surface area contributed by atoms with Gasteiger partial charge in [-0.25, -0.2) is 13.6 Å². The summed E-state index contributed by atoms with van der Waals surface area (Å²) in [6.07, 6.45) is 5.34. The Morgan fingerprint density at radius 1 is 1.32 bits per heavy atom. The molecular weight excluding hydrogens is 264 g/mol. The average Bonchev–Trinajstić information content (AvgIpc) is 2.95. The third-order valence-electron chi connectivity index (χ3n) is 4.15. The smallest absolute Gasteiger partial charge is 0.273 e. The van der Waals surface area contributed by atoms with Gasteiger partial charge in [0.25, 0.3) is 15.2 Å². The number of nitrogens with two attached hydrogens (primary N) is 1. The van der Waals surface area contributed by atoms with E-state index in [0.29, 0.717) is 0 Å². The summed E-state index contributed by atoms with van der Waals surface area (Å²) < 4.78 is 25.0. The van der Waals surface area contributed by atoms with E-state index in [4.69, 9.17) is 5.14 Å². The fourth-order valence-corrected chi connectivity index (χ4v) is 3.81. The first-order valence-corrected chi connectivity index (χ1v) is 8.34. The summed E-state index contributed by atoms with van der Waals surface area (Å²) >= 11 is 0. The van der Waals surface area contributed by atoms with Gasteiger partial charge in [-0.05, 0) is 33.1 Å². The maximum absolute atomic E-state index is 11.6. The van der Waals surface area contributed by atoms with Crippen LogP contribution >= 0.6 is 0 Å². The fourth-order valence-electron chi connectivity index (χ4n) is 3.09. The molecule has 0 amide bonds. The molecule has 0 unspecified atom stereocenters. The van der Waals surface area contributed by atoms with Gasteiger partial charge in [-0.1, -0.05) is 19.8 Å². The normalized spacial score (nSPS) is 19.2. The molecule has 1 aliphatic carbocycles. The van der Waals surface area contributed by atoms with Crippen LogP contribution in [0.15, 0.2) is 5.16 Å². The van der Waals surface area contributed by atoms with Gasteiger partial charge in [-0.2, -0.15) is 0 Å². The molecule has 0 spiro atoms. The van der Waals surface area contributed by atoms with Crippen LogP contribution in [0.2, 0.25) is 0 Å². The molecule has 0 radical (unpaired) electrons. The molecule has 6 nitrogen and oxygen atoms in total. The third-order valence-corrected chi connectivity index (χ3v) is 4.93. The number of nitrogens with zero attached hydrogens (tertiary/aromatic N) is 3. The predicted octanol–water partition coefficient (Wildman–Crippen LogP) is 1.73. The van der Waals surface area contributed by atoms with Crippen molar-refractivity contribution in [2.24, 2.45) is 5.14 Å². The lowest BCUT2D eigenvalue weighted by Gasteiger charge is -2.28. The highest BCUT2D eigenvalue weighted by atomic mass is 32.2. The number of hydrogen-bond donors (Lipinski definition) is 1. The first-order valence-electron chi connectivity index (χ1n) is 6.80. The van der Waals surface area contributed by atoms with Crippen molar-refractivity contribution in [3.8, 4) is 0 Å². The zero-order valence-electron chi connectivity index (χ0n) is 11.8. The van der Waals surface area contributed by atoms with Crippen molar-refractivity contribution in [2.45, 2.75) is 69.5 Å². The van der Waals surface area contributed by atoms with Crippen LogP contribution in [0.25, 0.3) is 0 Å². The molecule has 0 aromatic carbocycles. The molecule has 1 aromatic rings. The Morgan fingerprint density at radius 3 is 2.32 bits per heavy atom. The van der Waals surface area contributed by atoms with Gasteiger partial charge >= 0.3 is 0 Å². The van der Waals surface area contributed by atoms with Crippen LogP contribution < -0.4 is 5.14 Å². The molecule has 7 heteroatoms. The monoisotopic (exact) mass is 286 g/mol. The molecule has 1 aromatic heterocycles. The molecule has 0 saturated heterocycles. The van der Waals surface area contributed by atoms with Gasteiger partial charge in [0.1, 0.15) is 5.82 Å². The second-order valence-corrected chi connectivity index (χ2v) is 7.11. The molecule has 2 N–H and O–H groups in total. The predicted molar refractivity (Wildman–Crippen MR) is 72.2 cm³/mol. The van der Waals surface area contributed by atoms with Crippen LogP contribution in [0.1, 0.15) is 64.7 Å². The number of sulfonamides is 1. The number of rotatable bonds is 4. The molecule has 1 fully saturated rings. The van der Waals surface area contributed by atoms with Gasteiger partial charge in [-0.15, -0.1) is 10.2 Å². The highest BCUT2D eigenvalue weighted by Crippen LogP contribution is 2.43. The Morgan fingerprint density at radius 2 is 1.89 bits per heavy atom. The lowest BCUT2D eigenvalue weighted by Crippen LogP contribution is -2.29. The molecule has 19 heavy (non-hydrogen) atoms. The number of primary sulfonamides is 1. The second-order valence-electron chi connectivity index (χ2n) is 5.66. The molecule has 0 bridgehead atoms. The zero-order valence-corrected chi connectivity index (χ0v) is 12.6. The lowest BCUT2D eigenvalue weighted by molar-refractivity contribution is 0.360. The molecule has 2 rings (SSSR count). The van der Waals surface area contributed by atoms with Crippen molar-refractivity contribution < 1.29 is 8.42 Å². The van der Waals surface area contributed by atoms with Gasteiger partial charge in [0, 0.05) is 11.5 Å². The van der Waals surface area contributed by atoms with Gasteiger partial charge in [0.05, 0.1) is 0 Å². The highest BCUT2D eigenvalue weighted by Gasteiger charge is 2.40. The Hall–Kier alpha value is -0.950. The van der Waals surface area contributed by atoms with E-state index in [0.717, 1.165) is 37.9 Å². The minimum atomic E-state index is -3.83. The standard InChI is InChI=1S/C12H22N4O2S/c1-4-12(7-5-6-8-12)10-14-15-11(19(13,17)18)16(10)9(2)3/h9H,4-8H2,1-3H3,(H2,13,17,18). The minimum absolute atomic E-state index is 0.0256. The summed E-state index contributed by atoms with van der Waals surface area (Å²) in [5, 5.41) is 13.2. The van der Waals surface area contributed by atoms with Crippen molar-refractivity contribution in [3.63, 3.8) is 0 Å². The molecule has 1 aliphatic rings. The summed E-state index contributed by atoms with van der Waals surface area (Å²) in [5.74, 6) is 0.784. The molecule has 0 aliphatic heterocycles. The van der Waals surface area contributed by atoms with Gasteiger partial charge in [0.15, 0.2) is 0 Å². The quantitative estimate of drug-likeness (QED) is 0.912. The van der Waals surface area contributed by atoms with E-state index in [1.165, 1.54) is 0 Å². The summed E-state index contributed by atoms with van der Waals surface area (Å²) in [5.41, 5.74) is -0.0415. The first kappa shape index (κ1) is 14.5. The average molecular weight is 286 g/mol. The molecule has 108 valence electrons. The Bertz CT molecular complexity index is 556. The summed E-state index contributed by atoms with van der Waals surface area (Å²) in [7, 11) is -3.83. The van der Waals surface area contributed by atoms with E-state index in [-0.39, 0.29) is 16.6 Å². The highest BCUT2D eigenvalue weighted by molar-refractivity contribution is 7.89. The molecule has 1 saturated carbocycles. The molecule has 1 heterocycles. The van der Waals surface area contributed by atoms with Crippen LogP contribution in [0.4, 0.5) is 0 Å². The minimum Gasteiger partial charge on any atom is -0.298 e. The SMILES string of the molecule is CCC1(c2nnc(S(N)(=O)=O)n2C(C)C)CCCC1. The maximum Gasteiger partial charge on any atom is 0.273 e. The van der Waals surface area contributed by atoms with Crippen LogP contribution in [-0.4, -0.2) is 23.2 Å². The summed E-state index contributed by atoms with van der Waals surface area (Å²) in [6.45, 7) is 5.99. The Kier molecular flexibility index (Phi) is 3.70. The topological polar surface area (TPSA) is 90.9 Å². The lowest BCUT2D eigenvalue weighted by atomic mass is 9.82.